The van der Waals surface area contributed by atoms with Crippen LogP contribution in [0.4, 0.5) is 0 Å². The molecular formula is C27H35NO6P+. The van der Waals surface area contributed by atoms with Crippen molar-refractivity contribution in [3.63, 3.8) is 0 Å². The van der Waals surface area contributed by atoms with Gasteiger partial charge in [0, 0.05) is 0 Å². The van der Waals surface area contributed by atoms with Crippen LogP contribution in [-0.2, 0) is 24.0 Å². The molecule has 0 spiro atoms. The van der Waals surface area contributed by atoms with Gasteiger partial charge in [-0.2, -0.15) is 0 Å². The zero-order chi connectivity index (χ0) is 25.4. The molecule has 3 aromatic rings. The molecule has 3 rings (SSSR count). The second-order valence-corrected chi connectivity index (χ2v) is 10.8. The highest BCUT2D eigenvalue weighted by molar-refractivity contribution is 7.47. The van der Waals surface area contributed by atoms with Gasteiger partial charge in [-0.1, -0.05) is 91.0 Å². The van der Waals surface area contributed by atoms with Gasteiger partial charge < -0.3 is 19.2 Å². The number of aliphatic hydroxyl groups is 1. The van der Waals surface area contributed by atoms with Crippen molar-refractivity contribution in [3.05, 3.63) is 108 Å². The average Bonchev–Trinajstić information content (AvgIpc) is 2.84. The fourth-order valence-electron chi connectivity index (χ4n) is 3.69. The molecule has 2 N–H and O–H groups in total. The third-order valence-corrected chi connectivity index (χ3v) is 6.46. The van der Waals surface area contributed by atoms with Crippen LogP contribution in [-0.4, -0.2) is 68.1 Å². The van der Waals surface area contributed by atoms with E-state index in [1.54, 1.807) is 0 Å². The van der Waals surface area contributed by atoms with Crippen molar-refractivity contribution < 1.29 is 32.8 Å². The number of hydrogen-bond donors (Lipinski definition) is 2. The van der Waals surface area contributed by atoms with Gasteiger partial charge in [-0.25, -0.2) is 4.57 Å². The highest BCUT2D eigenvalue weighted by Crippen LogP contribution is 2.44. The lowest BCUT2D eigenvalue weighted by atomic mass is 9.80. The van der Waals surface area contributed by atoms with Gasteiger partial charge in [-0.15, -0.1) is 0 Å². The number of hydrogen-bond acceptors (Lipinski definition) is 5. The molecule has 0 amide bonds. The second-order valence-electron chi connectivity index (χ2n) is 9.36. The number of phosphoric acid groups is 1. The lowest BCUT2D eigenvalue weighted by molar-refractivity contribution is -0.870. The molecule has 35 heavy (non-hydrogen) atoms. The summed E-state index contributed by atoms with van der Waals surface area (Å²) in [6.45, 7) is 0.0422. The van der Waals surface area contributed by atoms with Crippen LogP contribution in [0.1, 0.15) is 16.7 Å². The first kappa shape index (κ1) is 27.2. The van der Waals surface area contributed by atoms with Crippen molar-refractivity contribution in [2.24, 2.45) is 0 Å². The lowest BCUT2D eigenvalue weighted by Crippen LogP contribution is -2.37. The molecule has 3 aromatic carbocycles. The van der Waals surface area contributed by atoms with E-state index in [1.165, 1.54) is 0 Å². The topological polar surface area (TPSA) is 85.2 Å². The largest absolute Gasteiger partial charge is 0.472 e. The molecule has 2 atom stereocenters. The summed E-state index contributed by atoms with van der Waals surface area (Å²) in [5.41, 5.74) is 1.67. The maximum absolute atomic E-state index is 12.2. The maximum atomic E-state index is 12.2. The van der Waals surface area contributed by atoms with Crippen molar-refractivity contribution in [2.45, 2.75) is 11.7 Å². The van der Waals surface area contributed by atoms with Crippen LogP contribution in [0.15, 0.2) is 91.0 Å². The van der Waals surface area contributed by atoms with Crippen molar-refractivity contribution in [3.8, 4) is 0 Å². The predicted octanol–water partition coefficient (Wildman–Crippen LogP) is 4.20. The van der Waals surface area contributed by atoms with Crippen LogP contribution in [0.5, 0.6) is 0 Å². The quantitative estimate of drug-likeness (QED) is 0.208. The van der Waals surface area contributed by atoms with E-state index in [0.29, 0.717) is 11.0 Å². The van der Waals surface area contributed by atoms with Gasteiger partial charge in [0.05, 0.1) is 34.4 Å². The summed E-state index contributed by atoms with van der Waals surface area (Å²) >= 11 is 0. The smallest absolute Gasteiger partial charge is 0.388 e. The summed E-state index contributed by atoms with van der Waals surface area (Å²) in [7, 11) is 1.55. The van der Waals surface area contributed by atoms with Crippen LogP contribution in [0.2, 0.25) is 0 Å². The molecule has 0 aliphatic rings. The number of phosphoric ester groups is 1. The lowest BCUT2D eigenvalue weighted by Gasteiger charge is -2.36. The van der Waals surface area contributed by atoms with Crippen molar-refractivity contribution in [1.29, 1.82) is 0 Å². The number of quaternary nitrogens is 1. The number of rotatable bonds is 13. The molecule has 7 nitrogen and oxygen atoms in total. The van der Waals surface area contributed by atoms with Crippen LogP contribution in [0.25, 0.3) is 0 Å². The Hall–Kier alpha value is -2.35. The molecule has 0 bridgehead atoms. The Bertz CT molecular complexity index is 976. The Morgan fingerprint density at radius 2 is 1.20 bits per heavy atom. The molecule has 8 heteroatoms. The first-order valence-corrected chi connectivity index (χ1v) is 13.0. The summed E-state index contributed by atoms with van der Waals surface area (Å²) < 4.78 is 29.4. The third kappa shape index (κ3) is 7.82. The van der Waals surface area contributed by atoms with Gasteiger partial charge in [0.15, 0.2) is 0 Å². The second kappa shape index (κ2) is 12.1. The Morgan fingerprint density at radius 1 is 0.771 bits per heavy atom. The standard InChI is InChI=1S/C27H34NO6P/c1-28(2,3)19-20-33-35(30,31)34-22-26(29)21-32-27(23-13-7-4-8-14-23,24-15-9-5-10-16-24)25-17-11-6-12-18-25/h4-18,26,29H,19-22H2,1-3H3/p+1. The maximum Gasteiger partial charge on any atom is 0.472 e. The number of nitrogens with zero attached hydrogens (tertiary/aromatic N) is 1. The normalized spacial score (nSPS) is 14.9. The first-order valence-electron chi connectivity index (χ1n) is 11.5. The van der Waals surface area contributed by atoms with Crippen LogP contribution in [0, 0.1) is 0 Å². The summed E-state index contributed by atoms with van der Waals surface area (Å²) in [5.74, 6) is 0. The van der Waals surface area contributed by atoms with Crippen LogP contribution >= 0.6 is 7.82 Å². The Morgan fingerprint density at radius 3 is 1.60 bits per heavy atom. The Kier molecular flexibility index (Phi) is 9.39. The van der Waals surface area contributed by atoms with Crippen LogP contribution in [0.3, 0.4) is 0 Å². The fraction of sp³-hybridized carbons (Fsp3) is 0.333. The Balaban J connectivity index is 1.79. The molecule has 0 aliphatic carbocycles. The molecule has 0 aliphatic heterocycles. The Labute approximate surface area is 207 Å². The van der Waals surface area contributed by atoms with Crippen molar-refractivity contribution >= 4 is 7.82 Å². The minimum absolute atomic E-state index is 0.0585. The number of aliphatic hydroxyl groups excluding tert-OH is 1. The highest BCUT2D eigenvalue weighted by atomic mass is 31.2. The van der Waals surface area contributed by atoms with Gasteiger partial charge in [0.1, 0.15) is 24.9 Å². The van der Waals surface area contributed by atoms with Crippen molar-refractivity contribution in [1.82, 2.24) is 0 Å². The average molecular weight is 501 g/mol. The summed E-state index contributed by atoms with van der Waals surface area (Å²) in [6.07, 6.45) is -1.16. The summed E-state index contributed by atoms with van der Waals surface area (Å²) in [4.78, 5) is 9.97. The highest BCUT2D eigenvalue weighted by Gasteiger charge is 2.38. The van der Waals surface area contributed by atoms with E-state index in [-0.39, 0.29) is 13.2 Å². The zero-order valence-corrected chi connectivity index (χ0v) is 21.4. The van der Waals surface area contributed by atoms with Gasteiger partial charge in [0.25, 0.3) is 0 Å². The molecule has 188 valence electrons. The van der Waals surface area contributed by atoms with E-state index in [2.05, 4.69) is 0 Å². The van der Waals surface area contributed by atoms with Gasteiger partial charge in [-0.05, 0) is 16.7 Å². The monoisotopic (exact) mass is 500 g/mol. The summed E-state index contributed by atoms with van der Waals surface area (Å²) in [5, 5.41) is 10.6. The number of benzene rings is 3. The molecule has 2 unspecified atom stereocenters. The van der Waals surface area contributed by atoms with Gasteiger partial charge >= 0.3 is 7.82 Å². The van der Waals surface area contributed by atoms with E-state index >= 15 is 0 Å². The minimum atomic E-state index is -4.30. The van der Waals surface area contributed by atoms with E-state index in [9.17, 15) is 14.6 Å². The summed E-state index contributed by atoms with van der Waals surface area (Å²) in [6, 6.07) is 29.3. The predicted molar refractivity (Wildman–Crippen MR) is 136 cm³/mol. The molecule has 0 saturated heterocycles. The third-order valence-electron chi connectivity index (χ3n) is 5.48. The van der Waals surface area contributed by atoms with E-state index < -0.39 is 26.1 Å². The number of likely N-dealkylation sites (N-methyl/N-ethyl adjacent to an activating group) is 1. The van der Waals surface area contributed by atoms with E-state index in [4.69, 9.17) is 13.8 Å². The fourth-order valence-corrected chi connectivity index (χ4v) is 4.43. The molecule has 0 aromatic heterocycles. The molecule has 0 saturated carbocycles. The van der Waals surface area contributed by atoms with Crippen LogP contribution < -0.4 is 0 Å². The minimum Gasteiger partial charge on any atom is -0.388 e. The first-order chi connectivity index (χ1) is 16.6. The molecule has 0 heterocycles. The van der Waals surface area contributed by atoms with E-state index in [0.717, 1.165) is 16.7 Å². The van der Waals surface area contributed by atoms with E-state index in [1.807, 2.05) is 112 Å². The number of ether oxygens (including phenoxy) is 1. The molecule has 0 radical (unpaired) electrons. The van der Waals surface area contributed by atoms with Crippen molar-refractivity contribution in [2.75, 3.05) is 47.5 Å². The SMILES string of the molecule is C[N+](C)(C)CCOP(=O)(O)OCC(O)COC(c1ccccc1)(c1ccccc1)c1ccccc1. The van der Waals surface area contributed by atoms with Gasteiger partial charge in [-0.3, -0.25) is 9.05 Å². The van der Waals surface area contributed by atoms with Gasteiger partial charge in [0.2, 0.25) is 0 Å². The molecule has 0 fully saturated rings. The molecular weight excluding hydrogens is 465 g/mol. The zero-order valence-electron chi connectivity index (χ0n) is 20.5.